The van der Waals surface area contributed by atoms with E-state index in [2.05, 4.69) is 5.32 Å². The molecule has 0 aromatic heterocycles. The predicted molar refractivity (Wildman–Crippen MR) is 53.0 cm³/mol. The number of hydrogen-bond acceptors (Lipinski definition) is 5. The number of fused-ring (bicyclic) bond motifs is 1. The molecule has 1 aliphatic rings. The predicted octanol–water partition coefficient (Wildman–Crippen LogP) is 0.203. The quantitative estimate of drug-likeness (QED) is 0.621. The Morgan fingerprint density at radius 1 is 1.27 bits per heavy atom. The second-order valence-corrected chi connectivity index (χ2v) is 3.23. The van der Waals surface area contributed by atoms with Crippen LogP contribution in [0.1, 0.15) is 5.56 Å². The van der Waals surface area contributed by atoms with Crippen LogP contribution < -0.4 is 14.8 Å². The van der Waals surface area contributed by atoms with Crippen LogP contribution in [0.2, 0.25) is 0 Å². The van der Waals surface area contributed by atoms with Crippen molar-refractivity contribution in [3.63, 3.8) is 0 Å². The van der Waals surface area contributed by atoms with E-state index in [-0.39, 0.29) is 19.1 Å². The molecule has 0 aliphatic carbocycles. The van der Waals surface area contributed by atoms with E-state index >= 15 is 0 Å². The van der Waals surface area contributed by atoms with Crippen molar-refractivity contribution in [3.8, 4) is 17.2 Å². The topological polar surface area (TPSA) is 71.0 Å². The van der Waals surface area contributed by atoms with E-state index in [0.29, 0.717) is 24.6 Å². The highest BCUT2D eigenvalue weighted by Crippen LogP contribution is 2.37. The first kappa shape index (κ1) is 10.1. The van der Waals surface area contributed by atoms with Crippen LogP contribution in [0.3, 0.4) is 0 Å². The molecule has 0 unspecified atom stereocenters. The van der Waals surface area contributed by atoms with Gasteiger partial charge < -0.3 is 25.0 Å². The molecule has 0 bridgehead atoms. The molecule has 0 spiro atoms. The standard InChI is InChI=1S/C10H13NO4/c12-2-1-11-5-7-3-9-10(4-8(7)13)15-6-14-9/h3-4,11-13H,1-2,5-6H2. The molecule has 1 heterocycles. The lowest BCUT2D eigenvalue weighted by molar-refractivity contribution is 0.174. The Bertz CT molecular complexity index is 354. The third kappa shape index (κ3) is 2.14. The van der Waals surface area contributed by atoms with E-state index in [9.17, 15) is 5.11 Å². The van der Waals surface area contributed by atoms with Crippen LogP contribution in [0.5, 0.6) is 17.2 Å². The second kappa shape index (κ2) is 4.37. The number of aromatic hydroxyl groups is 1. The van der Waals surface area contributed by atoms with Gasteiger partial charge in [-0.1, -0.05) is 0 Å². The summed E-state index contributed by atoms with van der Waals surface area (Å²) in [5, 5.41) is 21.2. The van der Waals surface area contributed by atoms with Gasteiger partial charge >= 0.3 is 0 Å². The van der Waals surface area contributed by atoms with E-state index in [1.165, 1.54) is 6.07 Å². The lowest BCUT2D eigenvalue weighted by Crippen LogP contribution is -2.17. The van der Waals surface area contributed by atoms with Crippen LogP contribution in [0.25, 0.3) is 0 Å². The number of hydrogen-bond donors (Lipinski definition) is 3. The van der Waals surface area contributed by atoms with Crippen LogP contribution >= 0.6 is 0 Å². The van der Waals surface area contributed by atoms with Crippen molar-refractivity contribution in [3.05, 3.63) is 17.7 Å². The average molecular weight is 211 g/mol. The summed E-state index contributed by atoms with van der Waals surface area (Å²) in [4.78, 5) is 0. The number of benzene rings is 1. The van der Waals surface area contributed by atoms with Gasteiger partial charge in [0.1, 0.15) is 5.75 Å². The molecule has 0 fully saturated rings. The maximum Gasteiger partial charge on any atom is 0.231 e. The van der Waals surface area contributed by atoms with Gasteiger partial charge in [-0.05, 0) is 6.07 Å². The number of aliphatic hydroxyl groups excluding tert-OH is 1. The van der Waals surface area contributed by atoms with Gasteiger partial charge in [-0.15, -0.1) is 0 Å². The lowest BCUT2D eigenvalue weighted by atomic mass is 10.1. The Kier molecular flexibility index (Phi) is 2.94. The first-order valence-electron chi connectivity index (χ1n) is 4.74. The summed E-state index contributed by atoms with van der Waals surface area (Å²) in [6.45, 7) is 1.25. The minimum atomic E-state index is 0.0747. The van der Waals surface area contributed by atoms with Gasteiger partial charge in [0.2, 0.25) is 6.79 Å². The van der Waals surface area contributed by atoms with Gasteiger partial charge in [0.05, 0.1) is 6.61 Å². The smallest absolute Gasteiger partial charge is 0.231 e. The molecule has 3 N–H and O–H groups in total. The Labute approximate surface area is 87.3 Å². The van der Waals surface area contributed by atoms with Crippen molar-refractivity contribution in [2.45, 2.75) is 6.54 Å². The van der Waals surface area contributed by atoms with Gasteiger partial charge in [-0.2, -0.15) is 0 Å². The van der Waals surface area contributed by atoms with Crippen LogP contribution in [-0.2, 0) is 6.54 Å². The summed E-state index contributed by atoms with van der Waals surface area (Å²) in [7, 11) is 0. The van der Waals surface area contributed by atoms with Crippen molar-refractivity contribution in [1.82, 2.24) is 5.32 Å². The maximum atomic E-state index is 9.64. The summed E-state index contributed by atoms with van der Waals surface area (Å²) < 4.78 is 10.3. The van der Waals surface area contributed by atoms with Crippen LogP contribution in [0, 0.1) is 0 Å². The zero-order chi connectivity index (χ0) is 10.7. The first-order chi connectivity index (χ1) is 7.31. The Morgan fingerprint density at radius 3 is 2.73 bits per heavy atom. The third-order valence-electron chi connectivity index (χ3n) is 2.18. The molecule has 5 heteroatoms. The SMILES string of the molecule is OCCNCc1cc2c(cc1O)OCO2. The van der Waals surface area contributed by atoms with Crippen LogP contribution in [0.15, 0.2) is 12.1 Å². The summed E-state index contributed by atoms with van der Waals surface area (Å²) in [6, 6.07) is 3.28. The number of nitrogens with one attached hydrogen (secondary N) is 1. The molecular weight excluding hydrogens is 198 g/mol. The molecule has 2 rings (SSSR count). The van der Waals surface area contributed by atoms with E-state index in [4.69, 9.17) is 14.6 Å². The van der Waals surface area contributed by atoms with E-state index in [0.717, 1.165) is 5.56 Å². The molecule has 0 atom stereocenters. The Morgan fingerprint density at radius 2 is 2.00 bits per heavy atom. The van der Waals surface area contributed by atoms with Crippen LogP contribution in [-0.4, -0.2) is 30.2 Å². The third-order valence-corrected chi connectivity index (χ3v) is 2.18. The Balaban J connectivity index is 2.10. The van der Waals surface area contributed by atoms with Gasteiger partial charge in [0.25, 0.3) is 0 Å². The van der Waals surface area contributed by atoms with Gasteiger partial charge in [-0.25, -0.2) is 0 Å². The highest BCUT2D eigenvalue weighted by molar-refractivity contribution is 5.51. The second-order valence-electron chi connectivity index (χ2n) is 3.23. The minimum absolute atomic E-state index is 0.0747. The largest absolute Gasteiger partial charge is 0.507 e. The van der Waals surface area contributed by atoms with Gasteiger partial charge in [0, 0.05) is 24.7 Å². The monoisotopic (exact) mass is 211 g/mol. The van der Waals surface area contributed by atoms with E-state index in [1.54, 1.807) is 6.07 Å². The van der Waals surface area contributed by atoms with Crippen molar-refractivity contribution in [2.75, 3.05) is 19.9 Å². The highest BCUT2D eigenvalue weighted by Gasteiger charge is 2.16. The first-order valence-corrected chi connectivity index (χ1v) is 4.74. The molecule has 1 aromatic rings. The summed E-state index contributed by atoms with van der Waals surface area (Å²) in [6.07, 6.45) is 0. The van der Waals surface area contributed by atoms with E-state index < -0.39 is 0 Å². The zero-order valence-electron chi connectivity index (χ0n) is 8.19. The van der Waals surface area contributed by atoms with Crippen molar-refractivity contribution >= 4 is 0 Å². The maximum absolute atomic E-state index is 9.64. The fraction of sp³-hybridized carbons (Fsp3) is 0.400. The molecule has 1 aliphatic heterocycles. The lowest BCUT2D eigenvalue weighted by Gasteiger charge is -2.06. The fourth-order valence-electron chi connectivity index (χ4n) is 1.42. The van der Waals surface area contributed by atoms with Gasteiger partial charge in [0.15, 0.2) is 11.5 Å². The highest BCUT2D eigenvalue weighted by atomic mass is 16.7. The molecule has 0 amide bonds. The molecule has 5 nitrogen and oxygen atoms in total. The van der Waals surface area contributed by atoms with Crippen molar-refractivity contribution < 1.29 is 19.7 Å². The fourth-order valence-corrected chi connectivity index (χ4v) is 1.42. The summed E-state index contributed by atoms with van der Waals surface area (Å²) >= 11 is 0. The number of aliphatic hydroxyl groups is 1. The summed E-state index contributed by atoms with van der Waals surface area (Å²) in [5.41, 5.74) is 0.729. The normalized spacial score (nSPS) is 13.1. The van der Waals surface area contributed by atoms with E-state index in [1.807, 2.05) is 0 Å². The van der Waals surface area contributed by atoms with Gasteiger partial charge in [-0.3, -0.25) is 0 Å². The van der Waals surface area contributed by atoms with Crippen molar-refractivity contribution in [1.29, 1.82) is 0 Å². The zero-order valence-corrected chi connectivity index (χ0v) is 8.19. The molecular formula is C10H13NO4. The number of phenolic OH excluding ortho intramolecular Hbond substituents is 1. The summed E-state index contributed by atoms with van der Waals surface area (Å²) in [5.74, 6) is 1.39. The molecule has 1 aromatic carbocycles. The van der Waals surface area contributed by atoms with Crippen molar-refractivity contribution in [2.24, 2.45) is 0 Å². The minimum Gasteiger partial charge on any atom is -0.507 e. The molecule has 0 saturated carbocycles. The molecule has 0 saturated heterocycles. The van der Waals surface area contributed by atoms with Crippen LogP contribution in [0.4, 0.5) is 0 Å². The Hall–Kier alpha value is -1.46. The number of rotatable bonds is 4. The number of phenols is 1. The molecule has 82 valence electrons. The number of ether oxygens (including phenoxy) is 2. The average Bonchev–Trinajstić information content (AvgIpc) is 2.65. The molecule has 15 heavy (non-hydrogen) atoms. The molecule has 0 radical (unpaired) electrons.